The van der Waals surface area contributed by atoms with E-state index in [9.17, 15) is 4.39 Å². The lowest BCUT2D eigenvalue weighted by Crippen LogP contribution is -2.10. The van der Waals surface area contributed by atoms with Crippen molar-refractivity contribution in [3.63, 3.8) is 0 Å². The van der Waals surface area contributed by atoms with Crippen molar-refractivity contribution in [2.75, 3.05) is 13.3 Å². The fraction of sp³-hybridized carbons (Fsp3) is 0.455. The maximum Gasteiger partial charge on any atom is 0.123 e. The van der Waals surface area contributed by atoms with E-state index in [1.165, 1.54) is 0 Å². The molecular formula is C11H13BrClFO. The molecule has 1 atom stereocenters. The first-order valence-electron chi connectivity index (χ1n) is 4.70. The second-order valence-corrected chi connectivity index (χ2v) is 4.45. The van der Waals surface area contributed by atoms with Crippen LogP contribution < -0.4 is 4.74 Å². The minimum absolute atomic E-state index is 0.0798. The highest BCUT2D eigenvalue weighted by Gasteiger charge is 2.06. The highest BCUT2D eigenvalue weighted by molar-refractivity contribution is 9.08. The van der Waals surface area contributed by atoms with Gasteiger partial charge in [-0.15, -0.1) is 0 Å². The van der Waals surface area contributed by atoms with E-state index in [2.05, 4.69) is 15.9 Å². The van der Waals surface area contributed by atoms with Gasteiger partial charge in [-0.1, -0.05) is 34.5 Å². The normalized spacial score (nSPS) is 12.5. The Morgan fingerprint density at radius 3 is 2.87 bits per heavy atom. The lowest BCUT2D eigenvalue weighted by atomic mass is 10.2. The molecule has 0 radical (unpaired) electrons. The molecule has 1 nitrogen and oxygen atoms in total. The van der Waals surface area contributed by atoms with Gasteiger partial charge in [-0.3, -0.25) is 4.39 Å². The molecule has 4 heteroatoms. The molecule has 0 aliphatic carbocycles. The van der Waals surface area contributed by atoms with Crippen LogP contribution in [0.1, 0.15) is 12.5 Å². The average Bonchev–Trinajstić information content (AvgIpc) is 2.26. The van der Waals surface area contributed by atoms with E-state index >= 15 is 0 Å². The fourth-order valence-corrected chi connectivity index (χ4v) is 1.70. The Morgan fingerprint density at radius 2 is 2.27 bits per heavy atom. The van der Waals surface area contributed by atoms with Crippen molar-refractivity contribution < 1.29 is 9.13 Å². The molecule has 1 unspecified atom stereocenters. The van der Waals surface area contributed by atoms with Gasteiger partial charge in [0.25, 0.3) is 0 Å². The molecule has 1 aromatic carbocycles. The molecule has 0 aliphatic rings. The van der Waals surface area contributed by atoms with E-state index in [4.69, 9.17) is 16.3 Å². The monoisotopic (exact) mass is 294 g/mol. The predicted molar refractivity (Wildman–Crippen MR) is 64.7 cm³/mol. The van der Waals surface area contributed by atoms with Gasteiger partial charge < -0.3 is 4.74 Å². The Bertz CT molecular complexity index is 319. The van der Waals surface area contributed by atoms with Crippen LogP contribution in [-0.2, 0) is 5.33 Å². The van der Waals surface area contributed by atoms with E-state index in [0.717, 1.165) is 11.3 Å². The molecule has 15 heavy (non-hydrogen) atoms. The van der Waals surface area contributed by atoms with E-state index < -0.39 is 0 Å². The number of halogens is 3. The predicted octanol–water partition coefficient (Wildman–Crippen LogP) is 4.22. The van der Waals surface area contributed by atoms with Crippen molar-refractivity contribution in [2.45, 2.75) is 12.3 Å². The summed E-state index contributed by atoms with van der Waals surface area (Å²) in [5.74, 6) is 0.681. The van der Waals surface area contributed by atoms with Crippen LogP contribution in [0.15, 0.2) is 18.2 Å². The van der Waals surface area contributed by atoms with Gasteiger partial charge in [-0.05, 0) is 18.2 Å². The Hall–Kier alpha value is -0.280. The summed E-state index contributed by atoms with van der Waals surface area (Å²) >= 11 is 9.20. The van der Waals surface area contributed by atoms with Crippen molar-refractivity contribution >= 4 is 27.5 Å². The molecule has 84 valence electrons. The first-order valence-corrected chi connectivity index (χ1v) is 6.20. The second kappa shape index (κ2) is 6.33. The summed E-state index contributed by atoms with van der Waals surface area (Å²) in [7, 11) is 0. The van der Waals surface area contributed by atoms with Crippen molar-refractivity contribution in [3.8, 4) is 5.75 Å². The van der Waals surface area contributed by atoms with Crippen LogP contribution in [0.5, 0.6) is 5.75 Å². The molecule has 1 aromatic rings. The molecule has 0 N–H and O–H groups in total. The first kappa shape index (κ1) is 12.8. The van der Waals surface area contributed by atoms with Gasteiger partial charge in [0.05, 0.1) is 13.3 Å². The standard InChI is InChI=1S/C11H13BrClFO/c1-8(6-14)7-15-11-3-2-10(13)4-9(11)5-12/h2-4,8H,5-7H2,1H3. The van der Waals surface area contributed by atoms with E-state index in [1.807, 2.05) is 19.1 Å². The lowest BCUT2D eigenvalue weighted by molar-refractivity contribution is 0.228. The molecule has 0 saturated heterocycles. The van der Waals surface area contributed by atoms with Gasteiger partial charge in [0.15, 0.2) is 0 Å². The summed E-state index contributed by atoms with van der Waals surface area (Å²) in [5, 5.41) is 1.35. The third-order valence-electron chi connectivity index (χ3n) is 1.95. The van der Waals surface area contributed by atoms with Gasteiger partial charge in [-0.2, -0.15) is 0 Å². The van der Waals surface area contributed by atoms with Crippen LogP contribution in [0.25, 0.3) is 0 Å². The molecule has 0 aromatic heterocycles. The maximum atomic E-state index is 12.2. The van der Waals surface area contributed by atoms with Crippen LogP contribution >= 0.6 is 27.5 Å². The van der Waals surface area contributed by atoms with E-state index in [1.54, 1.807) is 6.07 Å². The SMILES string of the molecule is CC(CF)COc1ccc(Cl)cc1CBr. The van der Waals surface area contributed by atoms with Gasteiger partial charge in [0.1, 0.15) is 5.75 Å². The highest BCUT2D eigenvalue weighted by Crippen LogP contribution is 2.25. The van der Waals surface area contributed by atoms with Crippen LogP contribution in [0.3, 0.4) is 0 Å². The third-order valence-corrected chi connectivity index (χ3v) is 2.79. The maximum absolute atomic E-state index is 12.2. The van der Waals surface area contributed by atoms with Gasteiger partial charge in [0, 0.05) is 21.8 Å². The van der Waals surface area contributed by atoms with E-state index in [0.29, 0.717) is 17.0 Å². The highest BCUT2D eigenvalue weighted by atomic mass is 79.9. The molecule has 0 fully saturated rings. The van der Waals surface area contributed by atoms with Crippen molar-refractivity contribution in [1.29, 1.82) is 0 Å². The minimum atomic E-state index is -0.364. The van der Waals surface area contributed by atoms with Gasteiger partial charge in [-0.25, -0.2) is 0 Å². The number of benzene rings is 1. The van der Waals surface area contributed by atoms with Crippen LogP contribution in [0.2, 0.25) is 5.02 Å². The summed E-state index contributed by atoms with van der Waals surface area (Å²) in [6, 6.07) is 5.42. The molecule has 0 spiro atoms. The summed E-state index contributed by atoms with van der Waals surface area (Å²) in [4.78, 5) is 0. The number of hydrogen-bond donors (Lipinski definition) is 0. The average molecular weight is 296 g/mol. The zero-order valence-electron chi connectivity index (χ0n) is 8.47. The number of ether oxygens (including phenoxy) is 1. The third kappa shape index (κ3) is 3.99. The van der Waals surface area contributed by atoms with Crippen LogP contribution in [-0.4, -0.2) is 13.3 Å². The largest absolute Gasteiger partial charge is 0.493 e. The molecule has 0 heterocycles. The van der Waals surface area contributed by atoms with Crippen molar-refractivity contribution in [2.24, 2.45) is 5.92 Å². The number of rotatable bonds is 5. The molecule has 0 amide bonds. The van der Waals surface area contributed by atoms with Gasteiger partial charge >= 0.3 is 0 Å². The Morgan fingerprint density at radius 1 is 1.53 bits per heavy atom. The molecule has 1 rings (SSSR count). The van der Waals surface area contributed by atoms with Crippen molar-refractivity contribution in [1.82, 2.24) is 0 Å². The van der Waals surface area contributed by atoms with Gasteiger partial charge in [0.2, 0.25) is 0 Å². The number of alkyl halides is 2. The Kier molecular flexibility index (Phi) is 5.40. The lowest BCUT2D eigenvalue weighted by Gasteiger charge is -2.12. The smallest absolute Gasteiger partial charge is 0.123 e. The molecule has 0 saturated carbocycles. The first-order chi connectivity index (χ1) is 7.17. The summed E-state index contributed by atoms with van der Waals surface area (Å²) in [6.07, 6.45) is 0. The fourth-order valence-electron chi connectivity index (χ4n) is 1.07. The quantitative estimate of drug-likeness (QED) is 0.739. The van der Waals surface area contributed by atoms with Crippen LogP contribution in [0.4, 0.5) is 4.39 Å². The van der Waals surface area contributed by atoms with E-state index in [-0.39, 0.29) is 12.6 Å². The Labute approximate surface area is 103 Å². The molecule has 0 aliphatic heterocycles. The zero-order chi connectivity index (χ0) is 11.3. The molecule has 0 bridgehead atoms. The number of hydrogen-bond acceptors (Lipinski definition) is 1. The zero-order valence-corrected chi connectivity index (χ0v) is 10.8. The summed E-state index contributed by atoms with van der Waals surface area (Å²) < 4.78 is 17.7. The molecular weight excluding hydrogens is 282 g/mol. The topological polar surface area (TPSA) is 9.23 Å². The second-order valence-electron chi connectivity index (χ2n) is 3.46. The van der Waals surface area contributed by atoms with Crippen molar-refractivity contribution in [3.05, 3.63) is 28.8 Å². The van der Waals surface area contributed by atoms with Crippen LogP contribution in [0, 0.1) is 5.92 Å². The Balaban J connectivity index is 2.67. The summed E-state index contributed by atoms with van der Waals surface area (Å²) in [6.45, 7) is 1.83. The summed E-state index contributed by atoms with van der Waals surface area (Å²) in [5.41, 5.74) is 0.980. The minimum Gasteiger partial charge on any atom is -0.493 e.